The fourth-order valence-corrected chi connectivity index (χ4v) is 3.87. The molecule has 0 heterocycles. The Morgan fingerprint density at radius 2 is 1.90 bits per heavy atom. The molecule has 1 saturated carbocycles. The van der Waals surface area contributed by atoms with Gasteiger partial charge in [0.1, 0.15) is 4.90 Å². The normalized spacial score (nSPS) is 18.2. The second-order valence-electron chi connectivity index (χ2n) is 6.19. The van der Waals surface area contributed by atoms with E-state index >= 15 is 0 Å². The number of benzene rings is 1. The van der Waals surface area contributed by atoms with Crippen LogP contribution in [0.15, 0.2) is 29.2 Å². The number of rotatable bonds is 8. The summed E-state index contributed by atoms with van der Waals surface area (Å²) < 4.78 is 27.6. The molecule has 0 radical (unpaired) electrons. The van der Waals surface area contributed by atoms with Crippen molar-refractivity contribution in [2.24, 2.45) is 5.92 Å². The Morgan fingerprint density at radius 3 is 2.52 bits per heavy atom. The fourth-order valence-electron chi connectivity index (χ4n) is 2.40. The molecule has 21 heavy (non-hydrogen) atoms. The van der Waals surface area contributed by atoms with Gasteiger partial charge in [0.25, 0.3) is 0 Å². The van der Waals surface area contributed by atoms with Crippen LogP contribution in [0.2, 0.25) is 0 Å². The molecule has 0 bridgehead atoms. The van der Waals surface area contributed by atoms with Gasteiger partial charge in [-0.2, -0.15) is 0 Å². The van der Waals surface area contributed by atoms with Crippen molar-refractivity contribution in [2.45, 2.75) is 63.4 Å². The molecular weight excluding hydrogens is 284 g/mol. The maximum atomic E-state index is 12.4. The maximum Gasteiger partial charge on any atom is 0.242 e. The minimum atomic E-state index is -3.42. The molecule has 0 amide bonds. The van der Waals surface area contributed by atoms with Crippen molar-refractivity contribution in [3.8, 4) is 0 Å². The molecule has 2 unspecified atom stereocenters. The Bertz CT molecular complexity index is 567. The summed E-state index contributed by atoms with van der Waals surface area (Å²) in [6.07, 6.45) is 4.05. The lowest BCUT2D eigenvalue weighted by molar-refractivity contribution is 0.483. The Kier molecular flexibility index (Phi) is 5.27. The van der Waals surface area contributed by atoms with Crippen molar-refractivity contribution in [1.29, 1.82) is 0 Å². The predicted octanol–water partition coefficient (Wildman–Crippen LogP) is 3.36. The van der Waals surface area contributed by atoms with Crippen molar-refractivity contribution in [3.63, 3.8) is 0 Å². The zero-order valence-electron chi connectivity index (χ0n) is 13.1. The Morgan fingerprint density at radius 1 is 1.24 bits per heavy atom. The summed E-state index contributed by atoms with van der Waals surface area (Å²) in [6, 6.07) is 7.52. The topological polar surface area (TPSA) is 58.2 Å². The third-order valence-corrected chi connectivity index (χ3v) is 5.51. The monoisotopic (exact) mass is 310 g/mol. The van der Waals surface area contributed by atoms with Gasteiger partial charge < -0.3 is 5.32 Å². The lowest BCUT2D eigenvalue weighted by Gasteiger charge is -2.20. The van der Waals surface area contributed by atoms with Gasteiger partial charge in [-0.15, -0.1) is 0 Å². The second kappa shape index (κ2) is 6.79. The summed E-state index contributed by atoms with van der Waals surface area (Å²) in [4.78, 5) is 0.355. The minimum absolute atomic E-state index is 0.126. The average Bonchev–Trinajstić information content (AvgIpc) is 3.22. The number of sulfonamides is 1. The highest BCUT2D eigenvalue weighted by Gasteiger charge is 2.29. The summed E-state index contributed by atoms with van der Waals surface area (Å²) in [6.45, 7) is 6.49. The van der Waals surface area contributed by atoms with E-state index in [0.29, 0.717) is 16.5 Å². The van der Waals surface area contributed by atoms with Crippen molar-refractivity contribution in [2.75, 3.05) is 5.32 Å². The third kappa shape index (κ3) is 4.71. The van der Waals surface area contributed by atoms with Gasteiger partial charge in [-0.1, -0.05) is 32.4 Å². The number of hydrogen-bond acceptors (Lipinski definition) is 3. The van der Waals surface area contributed by atoms with Gasteiger partial charge in [0.2, 0.25) is 10.0 Å². The number of hydrogen-bond donors (Lipinski definition) is 2. The fraction of sp³-hybridized carbons (Fsp3) is 0.625. The van der Waals surface area contributed by atoms with Crippen LogP contribution in [0.5, 0.6) is 0 Å². The third-order valence-electron chi connectivity index (χ3n) is 3.93. The summed E-state index contributed by atoms with van der Waals surface area (Å²) in [5.41, 5.74) is 0.696. The van der Waals surface area contributed by atoms with Crippen molar-refractivity contribution in [1.82, 2.24) is 4.72 Å². The first kappa shape index (κ1) is 16.3. The minimum Gasteiger partial charge on any atom is -0.381 e. The lowest BCUT2D eigenvalue weighted by Crippen LogP contribution is -2.27. The molecule has 5 heteroatoms. The van der Waals surface area contributed by atoms with E-state index < -0.39 is 10.0 Å². The van der Waals surface area contributed by atoms with Crippen molar-refractivity contribution >= 4 is 15.7 Å². The molecule has 1 aromatic rings. The van der Waals surface area contributed by atoms with E-state index in [4.69, 9.17) is 0 Å². The van der Waals surface area contributed by atoms with Crippen molar-refractivity contribution in [3.05, 3.63) is 24.3 Å². The molecule has 2 N–H and O–H groups in total. The highest BCUT2D eigenvalue weighted by molar-refractivity contribution is 7.89. The van der Waals surface area contributed by atoms with E-state index in [0.717, 1.165) is 25.7 Å². The molecule has 4 nitrogen and oxygen atoms in total. The van der Waals surface area contributed by atoms with E-state index in [2.05, 4.69) is 30.8 Å². The van der Waals surface area contributed by atoms with E-state index in [9.17, 15) is 8.42 Å². The first-order chi connectivity index (χ1) is 9.92. The maximum absolute atomic E-state index is 12.4. The second-order valence-corrected chi connectivity index (χ2v) is 7.87. The summed E-state index contributed by atoms with van der Waals surface area (Å²) >= 11 is 0. The molecule has 1 fully saturated rings. The quantitative estimate of drug-likeness (QED) is 0.774. The van der Waals surface area contributed by atoms with Crippen LogP contribution in [0.25, 0.3) is 0 Å². The molecule has 118 valence electrons. The first-order valence-corrected chi connectivity index (χ1v) is 9.28. The van der Waals surface area contributed by atoms with Gasteiger partial charge in [-0.05, 0) is 44.2 Å². The Hall–Kier alpha value is -1.07. The van der Waals surface area contributed by atoms with Crippen LogP contribution in [-0.2, 0) is 10.0 Å². The largest absolute Gasteiger partial charge is 0.381 e. The van der Waals surface area contributed by atoms with Crippen LogP contribution in [-0.4, -0.2) is 20.5 Å². The Labute approximate surface area is 128 Å². The molecule has 2 rings (SSSR count). The molecule has 2 atom stereocenters. The summed E-state index contributed by atoms with van der Waals surface area (Å²) in [5, 5.41) is 3.36. The zero-order chi connectivity index (χ0) is 15.5. The van der Waals surface area contributed by atoms with Crippen LogP contribution >= 0.6 is 0 Å². The average molecular weight is 310 g/mol. The van der Waals surface area contributed by atoms with E-state index in [1.54, 1.807) is 12.1 Å². The lowest BCUT2D eigenvalue weighted by atomic mass is 10.0. The van der Waals surface area contributed by atoms with Gasteiger partial charge in [0.05, 0.1) is 5.69 Å². The van der Waals surface area contributed by atoms with E-state index in [1.165, 1.54) is 0 Å². The molecule has 0 spiro atoms. The first-order valence-electron chi connectivity index (χ1n) is 7.80. The molecule has 1 aliphatic rings. The van der Waals surface area contributed by atoms with Crippen molar-refractivity contribution < 1.29 is 8.42 Å². The van der Waals surface area contributed by atoms with Gasteiger partial charge in [-0.3, -0.25) is 0 Å². The van der Waals surface area contributed by atoms with E-state index in [1.807, 2.05) is 12.1 Å². The highest BCUT2D eigenvalue weighted by Crippen LogP contribution is 2.27. The summed E-state index contributed by atoms with van der Waals surface area (Å²) in [5.74, 6) is 0.626. The number of para-hydroxylation sites is 1. The highest BCUT2D eigenvalue weighted by atomic mass is 32.2. The standard InChI is InChI=1S/C16H26N2O2S/c1-4-12(2)11-13(3)17-15-7-5-6-8-16(15)21(19,20)18-14-9-10-14/h5-8,12-14,17-18H,4,9-11H2,1-3H3. The van der Waals surface area contributed by atoms with Gasteiger partial charge in [0, 0.05) is 12.1 Å². The van der Waals surface area contributed by atoms with Crippen LogP contribution < -0.4 is 10.0 Å². The molecule has 0 aliphatic heterocycles. The van der Waals surface area contributed by atoms with Crippen LogP contribution in [0.1, 0.15) is 46.5 Å². The van der Waals surface area contributed by atoms with Crippen LogP contribution in [0.3, 0.4) is 0 Å². The van der Waals surface area contributed by atoms with Crippen LogP contribution in [0, 0.1) is 5.92 Å². The predicted molar refractivity (Wildman–Crippen MR) is 86.9 cm³/mol. The SMILES string of the molecule is CCC(C)CC(C)Nc1ccccc1S(=O)(=O)NC1CC1. The number of anilines is 1. The van der Waals surface area contributed by atoms with Gasteiger partial charge in [0.15, 0.2) is 0 Å². The van der Waals surface area contributed by atoms with E-state index in [-0.39, 0.29) is 12.1 Å². The van der Waals surface area contributed by atoms with Gasteiger partial charge >= 0.3 is 0 Å². The zero-order valence-corrected chi connectivity index (χ0v) is 13.9. The molecule has 0 saturated heterocycles. The molecule has 1 aliphatic carbocycles. The van der Waals surface area contributed by atoms with Gasteiger partial charge in [-0.25, -0.2) is 13.1 Å². The molecule has 1 aromatic carbocycles. The van der Waals surface area contributed by atoms with Crippen LogP contribution in [0.4, 0.5) is 5.69 Å². The smallest absolute Gasteiger partial charge is 0.242 e. The molecular formula is C16H26N2O2S. The Balaban J connectivity index is 2.12. The summed E-state index contributed by atoms with van der Waals surface area (Å²) in [7, 11) is -3.42. The number of nitrogens with one attached hydrogen (secondary N) is 2. The molecule has 0 aromatic heterocycles.